The monoisotopic (exact) mass is 135 g/mol. The third-order valence-electron chi connectivity index (χ3n) is 0.369. The van der Waals surface area contributed by atoms with Crippen molar-refractivity contribution in [2.24, 2.45) is 5.92 Å². The summed E-state index contributed by atoms with van der Waals surface area (Å²) in [5.74, 6) is 2.98. The molecule has 0 N–H and O–H groups in total. The van der Waals surface area contributed by atoms with Crippen LogP contribution in [0, 0.1) is 5.92 Å². The van der Waals surface area contributed by atoms with Crippen LogP contribution in [0.3, 0.4) is 0 Å². The van der Waals surface area contributed by atoms with Gasteiger partial charge in [-0.05, 0) is 0 Å². The molecule has 0 aromatic heterocycles. The molecule has 0 aromatic carbocycles. The van der Waals surface area contributed by atoms with Crippen LogP contribution >= 0.6 is 0 Å². The normalized spacial score (nSPS) is 10.7. The first kappa shape index (κ1) is 6.52. The second-order valence-electron chi connectivity index (χ2n) is 1.73. The van der Waals surface area contributed by atoms with Gasteiger partial charge in [0.1, 0.15) is 0 Å². The Balaban J connectivity index is 2.63. The van der Waals surface area contributed by atoms with Crippen LogP contribution in [0.5, 0.6) is 0 Å². The van der Waals surface area contributed by atoms with E-state index in [9.17, 15) is 0 Å². The number of rotatable bonds is 2. The van der Waals surface area contributed by atoms with Gasteiger partial charge in [-0.15, -0.1) is 0 Å². The predicted molar refractivity (Wildman–Crippen MR) is 25.5 cm³/mol. The fraction of sp³-hybridized carbons (Fsp3) is 1.00. The maximum absolute atomic E-state index is 2.23. The minimum absolute atomic E-state index is 0.856. The van der Waals surface area contributed by atoms with Crippen LogP contribution in [-0.2, 0) is 15.0 Å². The molecule has 0 aliphatic carbocycles. The van der Waals surface area contributed by atoms with Gasteiger partial charge in [-0.3, -0.25) is 0 Å². The quantitative estimate of drug-likeness (QED) is 0.510. The summed E-state index contributed by atoms with van der Waals surface area (Å²) in [6.45, 7) is 4.46. The van der Waals surface area contributed by atoms with Gasteiger partial charge in [0, 0.05) is 0 Å². The summed E-state index contributed by atoms with van der Waals surface area (Å²) in [5, 5.41) is 1.28. The van der Waals surface area contributed by atoms with E-state index in [0.29, 0.717) is 0 Å². The van der Waals surface area contributed by atoms with E-state index in [1.807, 2.05) is 15.0 Å². The van der Waals surface area contributed by atoms with Gasteiger partial charge < -0.3 is 0 Å². The topological polar surface area (TPSA) is 0 Å². The molecule has 0 spiro atoms. The van der Waals surface area contributed by atoms with Gasteiger partial charge in [-0.2, -0.15) is 0 Å². The molecule has 0 saturated heterocycles. The van der Waals surface area contributed by atoms with Crippen molar-refractivity contribution < 1.29 is 15.0 Å². The molecule has 0 bridgehead atoms. The zero-order valence-electron chi connectivity index (χ0n) is 4.59. The van der Waals surface area contributed by atoms with E-state index >= 15 is 0 Å². The summed E-state index contributed by atoms with van der Waals surface area (Å²) in [4.78, 5) is 0. The Morgan fingerprint density at radius 1 is 1.50 bits per heavy atom. The van der Waals surface area contributed by atoms with Gasteiger partial charge in [0.15, 0.2) is 0 Å². The molecule has 0 aliphatic rings. The summed E-state index contributed by atoms with van der Waals surface area (Å²) < 4.78 is 0. The summed E-state index contributed by atoms with van der Waals surface area (Å²) in [6, 6.07) is 0. The Morgan fingerprint density at radius 3 is 2.00 bits per heavy atom. The Labute approximate surface area is 46.5 Å². The van der Waals surface area contributed by atoms with Crippen molar-refractivity contribution in [1.82, 2.24) is 0 Å². The molecular formula is C5H12Cu. The average molecular weight is 136 g/mol. The van der Waals surface area contributed by atoms with Gasteiger partial charge in [-0.1, -0.05) is 0 Å². The average Bonchev–Trinajstić information content (AvgIpc) is 1.35. The zero-order valence-corrected chi connectivity index (χ0v) is 5.53. The van der Waals surface area contributed by atoms with E-state index in [2.05, 4.69) is 19.7 Å². The van der Waals surface area contributed by atoms with Crippen LogP contribution in [0.15, 0.2) is 0 Å². The second-order valence-corrected chi connectivity index (χ2v) is 2.78. The molecule has 0 nitrogen and oxygen atoms in total. The van der Waals surface area contributed by atoms with Crippen LogP contribution in [0.2, 0.25) is 11.1 Å². The van der Waals surface area contributed by atoms with Crippen molar-refractivity contribution in [2.45, 2.75) is 25.0 Å². The Morgan fingerprint density at radius 2 is 2.00 bits per heavy atom. The molecular weight excluding hydrogens is 124 g/mol. The van der Waals surface area contributed by atoms with Crippen LogP contribution < -0.4 is 0 Å². The van der Waals surface area contributed by atoms with Gasteiger partial charge in [-0.25, -0.2) is 0 Å². The van der Waals surface area contributed by atoms with E-state index < -0.39 is 0 Å². The molecule has 0 fully saturated rings. The van der Waals surface area contributed by atoms with Gasteiger partial charge in [0.05, 0.1) is 0 Å². The van der Waals surface area contributed by atoms with Crippen LogP contribution in [0.25, 0.3) is 0 Å². The van der Waals surface area contributed by atoms with Crippen molar-refractivity contribution in [3.05, 3.63) is 0 Å². The molecule has 0 rings (SSSR count). The van der Waals surface area contributed by atoms with Gasteiger partial charge in [0.25, 0.3) is 0 Å². The second kappa shape index (κ2) is 3.70. The van der Waals surface area contributed by atoms with E-state index in [0.717, 1.165) is 5.92 Å². The SMILES string of the molecule is [CH3][Cu][CH2]C(C)C. The van der Waals surface area contributed by atoms with E-state index in [4.69, 9.17) is 0 Å². The molecule has 43 valence electrons. The van der Waals surface area contributed by atoms with Crippen LogP contribution in [0.4, 0.5) is 0 Å². The van der Waals surface area contributed by atoms with Crippen molar-refractivity contribution >= 4 is 0 Å². The Bertz CT molecular complexity index is 25.1. The maximum atomic E-state index is 2.23. The number of hydrogen-bond donors (Lipinski definition) is 0. The summed E-state index contributed by atoms with van der Waals surface area (Å²) in [7, 11) is 0. The molecule has 0 aromatic rings. The molecule has 0 atom stereocenters. The van der Waals surface area contributed by atoms with Gasteiger partial charge >= 0.3 is 45.9 Å². The first-order chi connectivity index (χ1) is 2.77. The Kier molecular flexibility index (Phi) is 4.02. The third kappa shape index (κ3) is 4.52. The fourth-order valence-electron chi connectivity index (χ4n) is 0.246. The van der Waals surface area contributed by atoms with E-state index in [-0.39, 0.29) is 0 Å². The molecule has 1 heteroatoms. The molecule has 0 aliphatic heterocycles. The Hall–Kier alpha value is 0.519. The van der Waals surface area contributed by atoms with Crippen molar-refractivity contribution in [1.29, 1.82) is 0 Å². The van der Waals surface area contributed by atoms with Gasteiger partial charge in [0.2, 0.25) is 0 Å². The predicted octanol–water partition coefficient (Wildman–Crippen LogP) is 2.19. The fourth-order valence-corrected chi connectivity index (χ4v) is 1.02. The first-order valence-electron chi connectivity index (χ1n) is 2.08. The molecule has 0 saturated carbocycles. The third-order valence-corrected chi connectivity index (χ3v) is 1.52. The van der Waals surface area contributed by atoms with E-state index in [1.165, 1.54) is 5.32 Å². The summed E-state index contributed by atoms with van der Waals surface area (Å²) in [5.41, 5.74) is 0. The standard InChI is InChI=1S/C4H9.CH3.Cu/c1-4(2)3;;/h4H,1H2,2-3H3;1H3;. The molecule has 0 radical (unpaired) electrons. The van der Waals surface area contributed by atoms with Crippen LogP contribution in [-0.4, -0.2) is 0 Å². The van der Waals surface area contributed by atoms with Crippen molar-refractivity contribution in [3.8, 4) is 0 Å². The molecule has 0 unspecified atom stereocenters. The number of hydrogen-bond acceptors (Lipinski definition) is 0. The summed E-state index contributed by atoms with van der Waals surface area (Å²) in [6.07, 6.45) is 0. The summed E-state index contributed by atoms with van der Waals surface area (Å²) >= 11 is 1.98. The first-order valence-corrected chi connectivity index (χ1v) is 3.69. The molecule has 0 amide bonds. The van der Waals surface area contributed by atoms with E-state index in [1.54, 1.807) is 0 Å². The molecule has 6 heavy (non-hydrogen) atoms. The van der Waals surface area contributed by atoms with Crippen molar-refractivity contribution in [3.63, 3.8) is 0 Å². The zero-order chi connectivity index (χ0) is 4.99. The van der Waals surface area contributed by atoms with Crippen molar-refractivity contribution in [2.75, 3.05) is 0 Å². The van der Waals surface area contributed by atoms with Crippen LogP contribution in [0.1, 0.15) is 13.8 Å². The minimum atomic E-state index is 0.856. The molecule has 0 heterocycles.